The van der Waals surface area contributed by atoms with Gasteiger partial charge in [0.2, 0.25) is 5.95 Å². The highest BCUT2D eigenvalue weighted by Gasteiger charge is 2.11. The first kappa shape index (κ1) is 24.6. The number of anilines is 4. The summed E-state index contributed by atoms with van der Waals surface area (Å²) in [6.07, 6.45) is 1.74. The number of hydrogen-bond donors (Lipinski definition) is 2. The molecule has 0 bridgehead atoms. The van der Waals surface area contributed by atoms with Crippen LogP contribution in [-0.4, -0.2) is 48.8 Å². The molecule has 1 fully saturated rings. The first-order valence-corrected chi connectivity index (χ1v) is 12.8. The monoisotopic (exact) mass is 513 g/mol. The molecule has 1 aromatic heterocycles. The highest BCUT2D eigenvalue weighted by Crippen LogP contribution is 2.28. The molecule has 1 amide bonds. The highest BCUT2D eigenvalue weighted by atomic mass is 32.2. The van der Waals surface area contributed by atoms with Crippen LogP contribution < -0.4 is 20.3 Å². The van der Waals surface area contributed by atoms with Gasteiger partial charge in [0.15, 0.2) is 6.61 Å². The van der Waals surface area contributed by atoms with Gasteiger partial charge in [0, 0.05) is 41.2 Å². The van der Waals surface area contributed by atoms with E-state index in [1.54, 1.807) is 6.20 Å². The van der Waals surface area contributed by atoms with Crippen molar-refractivity contribution >= 4 is 40.7 Å². The summed E-state index contributed by atoms with van der Waals surface area (Å²) in [5.74, 6) is 0.980. The summed E-state index contributed by atoms with van der Waals surface area (Å²) in [4.78, 5) is 24.5. The van der Waals surface area contributed by atoms with Crippen molar-refractivity contribution in [2.45, 2.75) is 9.92 Å². The third kappa shape index (κ3) is 7.22. The third-order valence-electron chi connectivity index (χ3n) is 5.60. The van der Waals surface area contributed by atoms with Crippen LogP contribution in [0.15, 0.2) is 101 Å². The SMILES string of the molecule is O=C(COc1ccccc1)Nc1ccc(Sc2ccnc(Nc3ccc(N4CCOCC4)cc3)n2)cc1. The Morgan fingerprint density at radius 2 is 1.65 bits per heavy atom. The van der Waals surface area contributed by atoms with Crippen LogP contribution in [0.1, 0.15) is 0 Å². The Kier molecular flexibility index (Phi) is 8.14. The fraction of sp³-hybridized carbons (Fsp3) is 0.179. The van der Waals surface area contributed by atoms with Crippen molar-refractivity contribution in [2.24, 2.45) is 0 Å². The van der Waals surface area contributed by atoms with E-state index in [1.807, 2.05) is 72.8 Å². The second-order valence-electron chi connectivity index (χ2n) is 8.27. The Balaban J connectivity index is 1.13. The van der Waals surface area contributed by atoms with Crippen LogP contribution in [0.5, 0.6) is 5.75 Å². The number of carbonyl (C=O) groups is 1. The van der Waals surface area contributed by atoms with E-state index in [0.717, 1.165) is 41.9 Å². The molecule has 0 unspecified atom stereocenters. The molecule has 188 valence electrons. The van der Waals surface area contributed by atoms with Gasteiger partial charge in [-0.1, -0.05) is 30.0 Å². The zero-order valence-electron chi connectivity index (χ0n) is 20.2. The van der Waals surface area contributed by atoms with Gasteiger partial charge in [0.1, 0.15) is 10.8 Å². The maximum atomic E-state index is 12.2. The molecular weight excluding hydrogens is 486 g/mol. The summed E-state index contributed by atoms with van der Waals surface area (Å²) < 4.78 is 10.9. The molecule has 0 aliphatic carbocycles. The number of hydrogen-bond acceptors (Lipinski definition) is 8. The maximum absolute atomic E-state index is 12.2. The number of nitrogens with one attached hydrogen (secondary N) is 2. The van der Waals surface area contributed by atoms with Crippen LogP contribution in [0.25, 0.3) is 0 Å². The fourth-order valence-electron chi connectivity index (χ4n) is 3.76. The van der Waals surface area contributed by atoms with Gasteiger partial charge in [-0.15, -0.1) is 0 Å². The molecule has 0 spiro atoms. The Morgan fingerprint density at radius 3 is 2.41 bits per heavy atom. The molecule has 4 aromatic rings. The lowest BCUT2D eigenvalue weighted by atomic mass is 10.2. The highest BCUT2D eigenvalue weighted by molar-refractivity contribution is 7.99. The van der Waals surface area contributed by atoms with E-state index in [-0.39, 0.29) is 12.5 Å². The summed E-state index contributed by atoms with van der Waals surface area (Å²) >= 11 is 1.52. The van der Waals surface area contributed by atoms with E-state index >= 15 is 0 Å². The summed E-state index contributed by atoms with van der Waals surface area (Å²) in [7, 11) is 0. The number of benzene rings is 3. The third-order valence-corrected chi connectivity index (χ3v) is 6.55. The summed E-state index contributed by atoms with van der Waals surface area (Å²) in [5.41, 5.74) is 2.81. The van der Waals surface area contributed by atoms with Crippen molar-refractivity contribution in [1.29, 1.82) is 0 Å². The van der Waals surface area contributed by atoms with Gasteiger partial charge in [0.25, 0.3) is 5.91 Å². The van der Waals surface area contributed by atoms with Crippen LogP contribution >= 0.6 is 11.8 Å². The Hall–Kier alpha value is -4.08. The molecule has 1 aliphatic heterocycles. The number of nitrogens with zero attached hydrogens (tertiary/aromatic N) is 3. The van der Waals surface area contributed by atoms with E-state index < -0.39 is 0 Å². The summed E-state index contributed by atoms with van der Waals surface area (Å²) in [5, 5.41) is 6.94. The molecule has 1 saturated heterocycles. The molecule has 3 aromatic carbocycles. The average Bonchev–Trinajstić information content (AvgIpc) is 2.95. The second kappa shape index (κ2) is 12.2. The van der Waals surface area contributed by atoms with E-state index in [4.69, 9.17) is 9.47 Å². The number of aromatic nitrogens is 2. The van der Waals surface area contributed by atoms with Crippen LogP contribution in [0.2, 0.25) is 0 Å². The molecule has 2 heterocycles. The van der Waals surface area contributed by atoms with Crippen LogP contribution in [0, 0.1) is 0 Å². The van der Waals surface area contributed by atoms with Gasteiger partial charge in [-0.05, 0) is 66.7 Å². The minimum Gasteiger partial charge on any atom is -0.484 e. The van der Waals surface area contributed by atoms with Crippen molar-refractivity contribution in [3.05, 3.63) is 91.1 Å². The van der Waals surface area contributed by atoms with Crippen LogP contribution in [0.4, 0.5) is 23.0 Å². The number of morpholine rings is 1. The van der Waals surface area contributed by atoms with Crippen molar-refractivity contribution in [1.82, 2.24) is 9.97 Å². The fourth-order valence-corrected chi connectivity index (χ4v) is 4.53. The van der Waals surface area contributed by atoms with Crippen molar-refractivity contribution in [2.75, 3.05) is 48.4 Å². The van der Waals surface area contributed by atoms with Gasteiger partial charge in [0.05, 0.1) is 13.2 Å². The Morgan fingerprint density at radius 1 is 0.919 bits per heavy atom. The van der Waals surface area contributed by atoms with Gasteiger partial charge in [-0.2, -0.15) is 0 Å². The predicted molar refractivity (Wildman–Crippen MR) is 146 cm³/mol. The van der Waals surface area contributed by atoms with Crippen molar-refractivity contribution < 1.29 is 14.3 Å². The quantitative estimate of drug-likeness (QED) is 0.294. The normalized spacial score (nSPS) is 13.1. The molecular formula is C28H27N5O3S. The molecule has 37 heavy (non-hydrogen) atoms. The van der Waals surface area contributed by atoms with Crippen LogP contribution in [-0.2, 0) is 9.53 Å². The number of rotatable bonds is 9. The van der Waals surface area contributed by atoms with Gasteiger partial charge < -0.3 is 25.0 Å². The average molecular weight is 514 g/mol. The minimum atomic E-state index is -0.214. The largest absolute Gasteiger partial charge is 0.484 e. The number of amides is 1. The molecule has 1 aliphatic rings. The van der Waals surface area contributed by atoms with E-state index in [2.05, 4.69) is 37.6 Å². The first-order chi connectivity index (χ1) is 18.2. The standard InChI is InChI=1S/C28H27N5O3S/c34-26(20-36-24-4-2-1-3-5-24)30-21-8-12-25(13-9-21)37-27-14-15-29-28(32-27)31-22-6-10-23(11-7-22)33-16-18-35-19-17-33/h1-15H,16-20H2,(H,30,34)(H,29,31,32). The van der Waals surface area contributed by atoms with E-state index in [0.29, 0.717) is 17.4 Å². The topological polar surface area (TPSA) is 88.6 Å². The molecule has 0 atom stereocenters. The lowest BCUT2D eigenvalue weighted by molar-refractivity contribution is -0.118. The lowest BCUT2D eigenvalue weighted by Crippen LogP contribution is -2.36. The maximum Gasteiger partial charge on any atom is 0.262 e. The van der Waals surface area contributed by atoms with Crippen LogP contribution in [0.3, 0.4) is 0 Å². The lowest BCUT2D eigenvalue weighted by Gasteiger charge is -2.28. The first-order valence-electron chi connectivity index (χ1n) is 12.0. The van der Waals surface area contributed by atoms with Gasteiger partial charge in [-0.25, -0.2) is 9.97 Å². The molecule has 0 radical (unpaired) electrons. The van der Waals surface area contributed by atoms with Gasteiger partial charge in [-0.3, -0.25) is 4.79 Å². The van der Waals surface area contributed by atoms with E-state index in [9.17, 15) is 4.79 Å². The molecule has 0 saturated carbocycles. The molecule has 9 heteroatoms. The predicted octanol–water partition coefficient (Wildman–Crippen LogP) is 5.23. The van der Waals surface area contributed by atoms with Crippen molar-refractivity contribution in [3.8, 4) is 5.75 Å². The molecule has 2 N–H and O–H groups in total. The smallest absolute Gasteiger partial charge is 0.262 e. The zero-order valence-corrected chi connectivity index (χ0v) is 21.0. The summed E-state index contributed by atoms with van der Waals surface area (Å²) in [6.45, 7) is 3.29. The van der Waals surface area contributed by atoms with E-state index in [1.165, 1.54) is 17.4 Å². The Labute approximate surface area is 220 Å². The minimum absolute atomic E-state index is 0.0484. The molecule has 5 rings (SSSR count). The second-order valence-corrected chi connectivity index (χ2v) is 9.36. The van der Waals surface area contributed by atoms with Gasteiger partial charge >= 0.3 is 0 Å². The molecule has 8 nitrogen and oxygen atoms in total. The number of carbonyl (C=O) groups excluding carboxylic acids is 1. The van der Waals surface area contributed by atoms with Crippen molar-refractivity contribution in [3.63, 3.8) is 0 Å². The number of para-hydroxylation sites is 1. The zero-order chi connectivity index (χ0) is 25.3. The Bertz CT molecular complexity index is 1300. The summed E-state index contributed by atoms with van der Waals surface area (Å²) in [6, 6.07) is 27.0. The number of ether oxygens (including phenoxy) is 2.